The van der Waals surface area contributed by atoms with Gasteiger partial charge in [0, 0.05) is 10.6 Å². The number of hydrogen-bond donors (Lipinski definition) is 1. The second-order valence-electron chi connectivity index (χ2n) is 6.74. The van der Waals surface area contributed by atoms with Gasteiger partial charge in [-0.3, -0.25) is 4.79 Å². The first kappa shape index (κ1) is 24.5. The van der Waals surface area contributed by atoms with Crippen molar-refractivity contribution in [3.05, 3.63) is 92.4 Å². The van der Waals surface area contributed by atoms with E-state index in [1.807, 2.05) is 31.2 Å². The van der Waals surface area contributed by atoms with Gasteiger partial charge in [0.25, 0.3) is 5.91 Å². The van der Waals surface area contributed by atoms with Crippen LogP contribution in [0.4, 0.5) is 5.69 Å². The number of carbonyl (C=O) groups excluding carboxylic acids is 1. The van der Waals surface area contributed by atoms with Gasteiger partial charge < -0.3 is 14.8 Å². The number of amides is 1. The predicted molar refractivity (Wildman–Crippen MR) is 132 cm³/mol. The van der Waals surface area contributed by atoms with Crippen molar-refractivity contribution in [3.63, 3.8) is 0 Å². The lowest BCUT2D eigenvalue weighted by Gasteiger charge is -2.13. The summed E-state index contributed by atoms with van der Waals surface area (Å²) >= 11 is 18.3. The van der Waals surface area contributed by atoms with Gasteiger partial charge >= 0.3 is 0 Å². The van der Waals surface area contributed by atoms with E-state index in [0.717, 1.165) is 5.56 Å². The van der Waals surface area contributed by atoms with Crippen molar-refractivity contribution in [3.8, 4) is 17.6 Å². The lowest BCUT2D eigenvalue weighted by molar-refractivity contribution is -0.112. The molecule has 0 aromatic heterocycles. The van der Waals surface area contributed by atoms with Crippen LogP contribution in [0.2, 0.25) is 15.1 Å². The Kier molecular flexibility index (Phi) is 8.62. The molecule has 3 aromatic rings. The zero-order valence-corrected chi connectivity index (χ0v) is 19.8. The van der Waals surface area contributed by atoms with Crippen molar-refractivity contribution < 1.29 is 14.3 Å². The van der Waals surface area contributed by atoms with E-state index in [9.17, 15) is 10.1 Å². The summed E-state index contributed by atoms with van der Waals surface area (Å²) in [6, 6.07) is 19.3. The van der Waals surface area contributed by atoms with E-state index in [1.54, 1.807) is 42.5 Å². The maximum atomic E-state index is 12.6. The molecule has 0 saturated carbocycles. The molecule has 8 heteroatoms. The molecule has 1 N–H and O–H groups in total. The number of halogens is 3. The molecule has 33 heavy (non-hydrogen) atoms. The van der Waals surface area contributed by atoms with Crippen LogP contribution in [-0.4, -0.2) is 12.5 Å². The Bertz CT molecular complexity index is 1240. The van der Waals surface area contributed by atoms with Crippen molar-refractivity contribution in [1.29, 1.82) is 5.26 Å². The lowest BCUT2D eigenvalue weighted by Crippen LogP contribution is -2.13. The van der Waals surface area contributed by atoms with Gasteiger partial charge in [-0.15, -0.1) is 0 Å². The van der Waals surface area contributed by atoms with Crippen molar-refractivity contribution in [2.24, 2.45) is 0 Å². The van der Waals surface area contributed by atoms with Gasteiger partial charge in [0.2, 0.25) is 0 Å². The van der Waals surface area contributed by atoms with Crippen LogP contribution in [0, 0.1) is 11.3 Å². The Morgan fingerprint density at radius 3 is 2.48 bits per heavy atom. The molecule has 1 amide bonds. The molecule has 0 atom stereocenters. The van der Waals surface area contributed by atoms with Crippen LogP contribution in [0.3, 0.4) is 0 Å². The van der Waals surface area contributed by atoms with Crippen LogP contribution in [0.5, 0.6) is 11.5 Å². The standard InChI is InChI=1S/C25H19Cl3N2O3/c1-2-32-23-13-16(10-11-22(23)33-15-17-6-3-4-7-19(17)26)12-18(14-29)25(31)30-21-9-5-8-20(27)24(21)28/h3-13H,2,15H2,1H3,(H,30,31)/b18-12-. The van der Waals surface area contributed by atoms with Gasteiger partial charge in [-0.05, 0) is 48.9 Å². The number of nitrogens with zero attached hydrogens (tertiary/aromatic N) is 1. The molecule has 168 valence electrons. The Labute approximate surface area is 207 Å². The minimum absolute atomic E-state index is 0.113. The fraction of sp³-hybridized carbons (Fsp3) is 0.120. The molecule has 0 aliphatic carbocycles. The van der Waals surface area contributed by atoms with Gasteiger partial charge in [-0.1, -0.05) is 65.1 Å². The number of ether oxygens (including phenoxy) is 2. The smallest absolute Gasteiger partial charge is 0.266 e. The number of rotatable bonds is 8. The van der Waals surface area contributed by atoms with Crippen LogP contribution >= 0.6 is 34.8 Å². The predicted octanol–water partition coefficient (Wildman–Crippen LogP) is 7.17. The molecule has 0 bridgehead atoms. The number of carbonyl (C=O) groups is 1. The molecule has 3 aromatic carbocycles. The number of anilines is 1. The normalized spacial score (nSPS) is 10.9. The van der Waals surface area contributed by atoms with Crippen LogP contribution in [-0.2, 0) is 11.4 Å². The van der Waals surface area contributed by atoms with Gasteiger partial charge in [-0.2, -0.15) is 5.26 Å². The quantitative estimate of drug-likeness (QED) is 0.262. The van der Waals surface area contributed by atoms with Crippen molar-refractivity contribution >= 4 is 52.5 Å². The summed E-state index contributed by atoms with van der Waals surface area (Å²) in [4.78, 5) is 12.6. The van der Waals surface area contributed by atoms with Crippen molar-refractivity contribution in [1.82, 2.24) is 0 Å². The van der Waals surface area contributed by atoms with E-state index in [4.69, 9.17) is 44.3 Å². The van der Waals surface area contributed by atoms with E-state index >= 15 is 0 Å². The highest BCUT2D eigenvalue weighted by Gasteiger charge is 2.14. The molecule has 0 fully saturated rings. The molecule has 0 radical (unpaired) electrons. The van der Waals surface area contributed by atoms with E-state index < -0.39 is 5.91 Å². The first-order chi connectivity index (χ1) is 15.9. The zero-order valence-electron chi connectivity index (χ0n) is 17.6. The van der Waals surface area contributed by atoms with Crippen LogP contribution in [0.1, 0.15) is 18.1 Å². The Hall–Kier alpha value is -3.17. The molecule has 0 saturated heterocycles. The van der Waals surface area contributed by atoms with Crippen molar-refractivity contribution in [2.75, 3.05) is 11.9 Å². The maximum absolute atomic E-state index is 12.6. The highest BCUT2D eigenvalue weighted by atomic mass is 35.5. The molecule has 0 unspecified atom stereocenters. The second kappa shape index (κ2) is 11.6. The summed E-state index contributed by atoms with van der Waals surface area (Å²) in [5, 5.41) is 13.2. The van der Waals surface area contributed by atoms with Crippen LogP contribution in [0.15, 0.2) is 66.2 Å². The number of nitrogens with one attached hydrogen (secondary N) is 1. The van der Waals surface area contributed by atoms with Crippen LogP contribution < -0.4 is 14.8 Å². The Morgan fingerprint density at radius 1 is 1.00 bits per heavy atom. The summed E-state index contributed by atoms with van der Waals surface area (Å²) in [7, 11) is 0. The molecular weight excluding hydrogens is 483 g/mol. The summed E-state index contributed by atoms with van der Waals surface area (Å²) in [5.41, 5.74) is 1.63. The van der Waals surface area contributed by atoms with Gasteiger partial charge in [-0.25, -0.2) is 0 Å². The maximum Gasteiger partial charge on any atom is 0.266 e. The third kappa shape index (κ3) is 6.43. The van der Waals surface area contributed by atoms with E-state index in [0.29, 0.717) is 39.4 Å². The summed E-state index contributed by atoms with van der Waals surface area (Å²) in [5.74, 6) is 0.384. The van der Waals surface area contributed by atoms with E-state index in [2.05, 4.69) is 5.32 Å². The minimum atomic E-state index is -0.612. The Morgan fingerprint density at radius 2 is 1.76 bits per heavy atom. The number of hydrogen-bond acceptors (Lipinski definition) is 4. The second-order valence-corrected chi connectivity index (χ2v) is 7.94. The molecule has 5 nitrogen and oxygen atoms in total. The van der Waals surface area contributed by atoms with Crippen molar-refractivity contribution in [2.45, 2.75) is 13.5 Å². The zero-order chi connectivity index (χ0) is 23.8. The highest BCUT2D eigenvalue weighted by Crippen LogP contribution is 2.32. The fourth-order valence-corrected chi connectivity index (χ4v) is 3.42. The third-order valence-corrected chi connectivity index (χ3v) is 5.67. The molecule has 0 heterocycles. The van der Waals surface area contributed by atoms with Gasteiger partial charge in [0.1, 0.15) is 18.2 Å². The molecule has 3 rings (SSSR count). The largest absolute Gasteiger partial charge is 0.490 e. The molecule has 0 spiro atoms. The SMILES string of the molecule is CCOc1cc(/C=C(/C#N)C(=O)Nc2cccc(Cl)c2Cl)ccc1OCc1ccccc1Cl. The monoisotopic (exact) mass is 500 g/mol. The van der Waals surface area contributed by atoms with Crippen LogP contribution in [0.25, 0.3) is 6.08 Å². The minimum Gasteiger partial charge on any atom is -0.490 e. The average molecular weight is 502 g/mol. The third-order valence-electron chi connectivity index (χ3n) is 4.48. The highest BCUT2D eigenvalue weighted by molar-refractivity contribution is 6.44. The number of benzene rings is 3. The van der Waals surface area contributed by atoms with E-state index in [-0.39, 0.29) is 17.2 Å². The molecule has 0 aliphatic rings. The summed E-state index contributed by atoms with van der Waals surface area (Å²) in [6.07, 6.45) is 1.45. The van der Waals surface area contributed by atoms with Gasteiger partial charge in [0.15, 0.2) is 11.5 Å². The first-order valence-corrected chi connectivity index (χ1v) is 11.1. The van der Waals surface area contributed by atoms with E-state index in [1.165, 1.54) is 6.08 Å². The first-order valence-electron chi connectivity index (χ1n) is 9.93. The topological polar surface area (TPSA) is 71.3 Å². The lowest BCUT2D eigenvalue weighted by atomic mass is 10.1. The van der Waals surface area contributed by atoms with Gasteiger partial charge in [0.05, 0.1) is 22.3 Å². The summed E-state index contributed by atoms with van der Waals surface area (Å²) < 4.78 is 11.6. The molecule has 0 aliphatic heterocycles. The number of nitriles is 1. The Balaban J connectivity index is 1.81. The average Bonchev–Trinajstić information content (AvgIpc) is 2.81. The molecular formula is C25H19Cl3N2O3. The summed E-state index contributed by atoms with van der Waals surface area (Å²) in [6.45, 7) is 2.53. The fourth-order valence-electron chi connectivity index (χ4n) is 2.88.